The van der Waals surface area contributed by atoms with Crippen molar-refractivity contribution in [1.82, 2.24) is 0 Å². The highest BCUT2D eigenvalue weighted by Crippen LogP contribution is 2.13. The number of hydrogen-bond donors (Lipinski definition) is 0. The molecule has 0 saturated heterocycles. The molecule has 0 saturated carbocycles. The predicted molar refractivity (Wildman–Crippen MR) is 76.3 cm³/mol. The third kappa shape index (κ3) is 15.9. The molecular weight excluding hydrogens is 230 g/mol. The molecule has 0 aromatic carbocycles. The third-order valence-electron chi connectivity index (χ3n) is 3.53. The molecule has 0 bridgehead atoms. The maximum atomic E-state index is 11.9. The zero-order valence-corrected chi connectivity index (χ0v) is 12.2. The van der Waals surface area contributed by atoms with E-state index >= 15 is 0 Å². The van der Waals surface area contributed by atoms with Gasteiger partial charge in [-0.25, -0.2) is 8.78 Å². The first-order valence-electron chi connectivity index (χ1n) is 8.05. The summed E-state index contributed by atoms with van der Waals surface area (Å²) >= 11 is 0. The van der Waals surface area contributed by atoms with E-state index in [0.717, 1.165) is 12.8 Å². The second kappa shape index (κ2) is 14.9. The zero-order valence-electron chi connectivity index (χ0n) is 12.2. The Bertz CT molecular complexity index is 146. The fourth-order valence-corrected chi connectivity index (χ4v) is 2.32. The average Bonchev–Trinajstić information content (AvgIpc) is 2.34. The topological polar surface area (TPSA) is 0 Å². The molecule has 0 unspecified atom stereocenters. The highest BCUT2D eigenvalue weighted by Gasteiger charge is 2.00. The van der Waals surface area contributed by atoms with Gasteiger partial charge in [0.2, 0.25) is 6.43 Å². The molecule has 0 aliphatic carbocycles. The van der Waals surface area contributed by atoms with Crippen LogP contribution in [0.3, 0.4) is 0 Å². The van der Waals surface area contributed by atoms with Gasteiger partial charge in [-0.3, -0.25) is 0 Å². The fraction of sp³-hybridized carbons (Fsp3) is 1.00. The van der Waals surface area contributed by atoms with E-state index in [-0.39, 0.29) is 6.42 Å². The van der Waals surface area contributed by atoms with Gasteiger partial charge in [-0.2, -0.15) is 0 Å². The molecule has 0 N–H and O–H groups in total. The normalized spacial score (nSPS) is 11.3. The summed E-state index contributed by atoms with van der Waals surface area (Å²) in [7, 11) is 0. The molecule has 0 spiro atoms. The minimum atomic E-state index is -2.10. The van der Waals surface area contributed by atoms with Crippen LogP contribution < -0.4 is 0 Å². The summed E-state index contributed by atoms with van der Waals surface area (Å²) in [5.74, 6) is 0. The zero-order chi connectivity index (χ0) is 13.5. The summed E-state index contributed by atoms with van der Waals surface area (Å²) in [6, 6.07) is 0. The van der Waals surface area contributed by atoms with Gasteiger partial charge in [0.05, 0.1) is 0 Å². The van der Waals surface area contributed by atoms with E-state index in [4.69, 9.17) is 0 Å². The number of hydrogen-bond acceptors (Lipinski definition) is 0. The van der Waals surface area contributed by atoms with Crippen molar-refractivity contribution in [3.8, 4) is 0 Å². The van der Waals surface area contributed by atoms with Gasteiger partial charge in [0, 0.05) is 6.42 Å². The first-order chi connectivity index (χ1) is 8.77. The third-order valence-corrected chi connectivity index (χ3v) is 3.53. The van der Waals surface area contributed by atoms with Crippen LogP contribution in [-0.4, -0.2) is 6.43 Å². The molecule has 0 heterocycles. The van der Waals surface area contributed by atoms with Crippen LogP contribution >= 0.6 is 0 Å². The standard InChI is InChI=1S/C16H32F2/c1-2-3-4-5-6-7-8-9-10-11-12-13-14-15-16(17)18/h16H,2-15H2,1H3. The van der Waals surface area contributed by atoms with E-state index in [2.05, 4.69) is 6.92 Å². The Labute approximate surface area is 113 Å². The van der Waals surface area contributed by atoms with Crippen LogP contribution in [0.2, 0.25) is 0 Å². The molecule has 2 heteroatoms. The van der Waals surface area contributed by atoms with Crippen molar-refractivity contribution in [2.75, 3.05) is 0 Å². The second-order valence-electron chi connectivity index (χ2n) is 5.42. The monoisotopic (exact) mass is 262 g/mol. The largest absolute Gasteiger partial charge is 0.238 e. The molecule has 0 radical (unpaired) electrons. The summed E-state index contributed by atoms with van der Waals surface area (Å²) in [6.07, 6.45) is 14.4. The number of rotatable bonds is 14. The van der Waals surface area contributed by atoms with Crippen molar-refractivity contribution in [1.29, 1.82) is 0 Å². The molecule has 0 aromatic heterocycles. The van der Waals surface area contributed by atoms with Crippen molar-refractivity contribution in [2.45, 2.75) is 103 Å². The Morgan fingerprint density at radius 2 is 0.889 bits per heavy atom. The summed E-state index contributed by atoms with van der Waals surface area (Å²) in [6.45, 7) is 2.25. The summed E-state index contributed by atoms with van der Waals surface area (Å²) in [5, 5.41) is 0. The molecule has 0 aliphatic rings. The quantitative estimate of drug-likeness (QED) is 0.304. The van der Waals surface area contributed by atoms with E-state index in [0.29, 0.717) is 6.42 Å². The van der Waals surface area contributed by atoms with Crippen molar-refractivity contribution < 1.29 is 8.78 Å². The van der Waals surface area contributed by atoms with Gasteiger partial charge < -0.3 is 0 Å². The predicted octanol–water partition coefficient (Wildman–Crippen LogP) is 6.73. The Hall–Kier alpha value is -0.140. The molecule has 0 nitrogen and oxygen atoms in total. The van der Waals surface area contributed by atoms with Gasteiger partial charge in [-0.15, -0.1) is 0 Å². The lowest BCUT2D eigenvalue weighted by molar-refractivity contribution is 0.133. The Balaban J connectivity index is 2.90. The Morgan fingerprint density at radius 3 is 1.22 bits per heavy atom. The van der Waals surface area contributed by atoms with Gasteiger partial charge >= 0.3 is 0 Å². The van der Waals surface area contributed by atoms with Crippen LogP contribution in [0.25, 0.3) is 0 Å². The van der Waals surface area contributed by atoms with Gasteiger partial charge in [0.15, 0.2) is 0 Å². The van der Waals surface area contributed by atoms with Crippen LogP contribution in [0, 0.1) is 0 Å². The van der Waals surface area contributed by atoms with Gasteiger partial charge in [-0.05, 0) is 6.42 Å². The van der Waals surface area contributed by atoms with Crippen molar-refractivity contribution >= 4 is 0 Å². The molecule has 0 fully saturated rings. The molecule has 0 amide bonds. The molecule has 0 aromatic rings. The molecule has 0 atom stereocenters. The number of halogens is 2. The highest BCUT2D eigenvalue weighted by atomic mass is 19.3. The highest BCUT2D eigenvalue weighted by molar-refractivity contribution is 4.49. The summed E-state index contributed by atoms with van der Waals surface area (Å²) in [4.78, 5) is 0. The maximum absolute atomic E-state index is 11.9. The molecule has 0 aliphatic heterocycles. The lowest BCUT2D eigenvalue weighted by atomic mass is 10.0. The lowest BCUT2D eigenvalue weighted by Gasteiger charge is -2.03. The maximum Gasteiger partial charge on any atom is 0.238 e. The molecule has 18 heavy (non-hydrogen) atoms. The van der Waals surface area contributed by atoms with Crippen LogP contribution in [0.5, 0.6) is 0 Å². The second-order valence-corrected chi connectivity index (χ2v) is 5.42. The van der Waals surface area contributed by atoms with E-state index in [1.165, 1.54) is 64.2 Å². The van der Waals surface area contributed by atoms with Gasteiger partial charge in [0.25, 0.3) is 0 Å². The van der Waals surface area contributed by atoms with Gasteiger partial charge in [0.1, 0.15) is 0 Å². The fourth-order valence-electron chi connectivity index (χ4n) is 2.32. The van der Waals surface area contributed by atoms with Crippen molar-refractivity contribution in [3.63, 3.8) is 0 Å². The summed E-state index contributed by atoms with van der Waals surface area (Å²) < 4.78 is 23.7. The van der Waals surface area contributed by atoms with Gasteiger partial charge in [-0.1, -0.05) is 84.0 Å². The van der Waals surface area contributed by atoms with Crippen molar-refractivity contribution in [3.05, 3.63) is 0 Å². The minimum Gasteiger partial charge on any atom is -0.211 e. The summed E-state index contributed by atoms with van der Waals surface area (Å²) in [5.41, 5.74) is 0. The smallest absolute Gasteiger partial charge is 0.211 e. The van der Waals surface area contributed by atoms with Crippen LogP contribution in [0.1, 0.15) is 96.8 Å². The minimum absolute atomic E-state index is 0.0950. The van der Waals surface area contributed by atoms with Crippen molar-refractivity contribution in [2.24, 2.45) is 0 Å². The lowest BCUT2D eigenvalue weighted by Crippen LogP contribution is -1.89. The number of unbranched alkanes of at least 4 members (excludes halogenated alkanes) is 12. The van der Waals surface area contributed by atoms with Crippen LogP contribution in [-0.2, 0) is 0 Å². The van der Waals surface area contributed by atoms with E-state index in [1.54, 1.807) is 0 Å². The first-order valence-corrected chi connectivity index (χ1v) is 8.05. The SMILES string of the molecule is CCCCCCCCCCCCCCCC(F)F. The first kappa shape index (κ1) is 17.9. The molecular formula is C16H32F2. The Morgan fingerprint density at radius 1 is 0.556 bits per heavy atom. The Kier molecular flexibility index (Phi) is 14.8. The van der Waals surface area contributed by atoms with E-state index in [9.17, 15) is 8.78 Å². The van der Waals surface area contributed by atoms with Crippen LogP contribution in [0.4, 0.5) is 8.78 Å². The van der Waals surface area contributed by atoms with Crippen LogP contribution in [0.15, 0.2) is 0 Å². The average molecular weight is 262 g/mol. The number of alkyl halides is 2. The molecule has 110 valence electrons. The van der Waals surface area contributed by atoms with E-state index in [1.807, 2.05) is 0 Å². The molecule has 0 rings (SSSR count). The van der Waals surface area contributed by atoms with E-state index < -0.39 is 6.43 Å².